The molecule has 7 nitrogen and oxygen atoms in total. The number of halogens is 2. The topological polar surface area (TPSA) is 75.9 Å². The molecule has 9 heteroatoms. The Kier molecular flexibility index (Phi) is 5.86. The van der Waals surface area contributed by atoms with Crippen LogP contribution in [0.2, 0.25) is 5.02 Å². The van der Waals surface area contributed by atoms with Crippen molar-refractivity contribution in [2.24, 2.45) is 0 Å². The minimum Gasteiger partial charge on any atom is -0.496 e. The number of nitro groups is 1. The number of amides is 1. The van der Waals surface area contributed by atoms with E-state index in [9.17, 15) is 14.9 Å². The Morgan fingerprint density at radius 3 is 2.52 bits per heavy atom. The van der Waals surface area contributed by atoms with E-state index in [0.29, 0.717) is 52.7 Å². The van der Waals surface area contributed by atoms with Gasteiger partial charge in [-0.05, 0) is 40.2 Å². The van der Waals surface area contributed by atoms with E-state index in [2.05, 4.69) is 15.9 Å². The van der Waals surface area contributed by atoms with E-state index in [1.165, 1.54) is 6.07 Å². The van der Waals surface area contributed by atoms with Crippen LogP contribution in [-0.2, 0) is 0 Å². The van der Waals surface area contributed by atoms with Gasteiger partial charge in [0.2, 0.25) is 0 Å². The van der Waals surface area contributed by atoms with Gasteiger partial charge in [0.05, 0.1) is 21.5 Å². The van der Waals surface area contributed by atoms with E-state index in [1.54, 1.807) is 42.3 Å². The highest BCUT2D eigenvalue weighted by atomic mass is 79.9. The van der Waals surface area contributed by atoms with Crippen molar-refractivity contribution in [2.45, 2.75) is 0 Å². The van der Waals surface area contributed by atoms with Gasteiger partial charge in [-0.15, -0.1) is 0 Å². The minimum atomic E-state index is -0.437. The second kappa shape index (κ2) is 8.14. The normalized spacial score (nSPS) is 14.2. The van der Waals surface area contributed by atoms with Crippen molar-refractivity contribution in [1.82, 2.24) is 4.90 Å². The maximum absolute atomic E-state index is 12.7. The van der Waals surface area contributed by atoms with Crippen molar-refractivity contribution in [3.63, 3.8) is 0 Å². The van der Waals surface area contributed by atoms with Gasteiger partial charge in [-0.2, -0.15) is 0 Å². The molecule has 0 unspecified atom stereocenters. The number of benzene rings is 2. The number of piperazine rings is 1. The van der Waals surface area contributed by atoms with Crippen LogP contribution in [0, 0.1) is 10.1 Å². The number of ether oxygens (including phenoxy) is 1. The van der Waals surface area contributed by atoms with Crippen molar-refractivity contribution >= 4 is 44.8 Å². The van der Waals surface area contributed by atoms with Crippen LogP contribution in [0.3, 0.4) is 0 Å². The molecular weight excluding hydrogens is 438 g/mol. The highest BCUT2D eigenvalue weighted by molar-refractivity contribution is 9.10. The lowest BCUT2D eigenvalue weighted by molar-refractivity contribution is -0.384. The van der Waals surface area contributed by atoms with Crippen LogP contribution in [0.25, 0.3) is 0 Å². The zero-order valence-electron chi connectivity index (χ0n) is 14.5. The molecule has 0 aromatic heterocycles. The van der Waals surface area contributed by atoms with Crippen molar-refractivity contribution < 1.29 is 14.5 Å². The Balaban J connectivity index is 1.73. The van der Waals surface area contributed by atoms with Crippen LogP contribution in [0.5, 0.6) is 5.75 Å². The summed E-state index contributed by atoms with van der Waals surface area (Å²) in [4.78, 5) is 27.2. The van der Waals surface area contributed by atoms with E-state index in [1.807, 2.05) is 4.90 Å². The third-order valence-corrected chi connectivity index (χ3v) is 5.37. The number of rotatable bonds is 4. The number of nitrogens with zero attached hydrogens (tertiary/aromatic N) is 3. The molecule has 1 saturated heterocycles. The molecule has 142 valence electrons. The summed E-state index contributed by atoms with van der Waals surface area (Å²) >= 11 is 9.59. The lowest BCUT2D eigenvalue weighted by atomic mass is 10.1. The minimum absolute atomic E-state index is 0.0265. The summed E-state index contributed by atoms with van der Waals surface area (Å²) < 4.78 is 5.89. The van der Waals surface area contributed by atoms with Crippen LogP contribution < -0.4 is 9.64 Å². The van der Waals surface area contributed by atoms with Gasteiger partial charge in [0, 0.05) is 37.8 Å². The molecule has 1 amide bonds. The highest BCUT2D eigenvalue weighted by Gasteiger charge is 2.28. The number of hydrogen-bond acceptors (Lipinski definition) is 5. The molecule has 2 aromatic rings. The molecule has 0 bridgehead atoms. The Hall–Kier alpha value is -2.32. The number of carbonyl (C=O) groups excluding carboxylic acids is 1. The SMILES string of the molecule is COc1ccc(C(=O)N2CCN(c3c(Cl)cccc3[N+](=O)[O-])CC2)cc1Br. The van der Waals surface area contributed by atoms with E-state index in [-0.39, 0.29) is 11.6 Å². The van der Waals surface area contributed by atoms with Crippen molar-refractivity contribution in [1.29, 1.82) is 0 Å². The predicted octanol–water partition coefficient (Wildman–Crippen LogP) is 3.98. The van der Waals surface area contributed by atoms with Crippen LogP contribution in [0.1, 0.15) is 10.4 Å². The Morgan fingerprint density at radius 2 is 1.93 bits per heavy atom. The Labute approximate surface area is 169 Å². The van der Waals surface area contributed by atoms with Gasteiger partial charge in [0.15, 0.2) is 0 Å². The molecular formula is C18H17BrClN3O4. The first-order valence-electron chi connectivity index (χ1n) is 8.23. The van der Waals surface area contributed by atoms with E-state index in [4.69, 9.17) is 16.3 Å². The number of nitro benzene ring substituents is 1. The van der Waals surface area contributed by atoms with Gasteiger partial charge in [0.1, 0.15) is 11.4 Å². The summed E-state index contributed by atoms with van der Waals surface area (Å²) in [6.07, 6.45) is 0. The molecule has 0 radical (unpaired) electrons. The van der Waals surface area contributed by atoms with Crippen LogP contribution in [0.15, 0.2) is 40.9 Å². The monoisotopic (exact) mass is 453 g/mol. The predicted molar refractivity (Wildman–Crippen MR) is 107 cm³/mol. The number of carbonyl (C=O) groups is 1. The van der Waals surface area contributed by atoms with Gasteiger partial charge < -0.3 is 14.5 Å². The quantitative estimate of drug-likeness (QED) is 0.516. The first kappa shape index (κ1) is 19.4. The lowest BCUT2D eigenvalue weighted by Gasteiger charge is -2.36. The van der Waals surface area contributed by atoms with E-state index >= 15 is 0 Å². The molecule has 1 heterocycles. The highest BCUT2D eigenvalue weighted by Crippen LogP contribution is 2.36. The van der Waals surface area contributed by atoms with Gasteiger partial charge in [0.25, 0.3) is 11.6 Å². The fourth-order valence-corrected chi connectivity index (χ4v) is 3.91. The molecule has 0 spiro atoms. The number of para-hydroxylation sites is 1. The number of hydrogen-bond donors (Lipinski definition) is 0. The average Bonchev–Trinajstić information content (AvgIpc) is 2.67. The van der Waals surface area contributed by atoms with Crippen LogP contribution in [0.4, 0.5) is 11.4 Å². The average molecular weight is 455 g/mol. The molecule has 1 aliphatic rings. The Bertz CT molecular complexity index is 885. The molecule has 2 aromatic carbocycles. The zero-order valence-corrected chi connectivity index (χ0v) is 16.9. The lowest BCUT2D eigenvalue weighted by Crippen LogP contribution is -2.49. The Morgan fingerprint density at radius 1 is 1.22 bits per heavy atom. The molecule has 1 fully saturated rings. The van der Waals surface area contributed by atoms with E-state index < -0.39 is 4.92 Å². The van der Waals surface area contributed by atoms with Gasteiger partial charge in [-0.3, -0.25) is 14.9 Å². The van der Waals surface area contributed by atoms with Crippen LogP contribution in [-0.4, -0.2) is 49.0 Å². The summed E-state index contributed by atoms with van der Waals surface area (Å²) in [6.45, 7) is 1.83. The standard InChI is InChI=1S/C18H17BrClN3O4/c1-27-16-6-5-12(11-13(16)19)18(24)22-9-7-21(8-10-22)17-14(20)3-2-4-15(17)23(25)26/h2-6,11H,7-10H2,1H3. The zero-order chi connectivity index (χ0) is 19.6. The third-order valence-electron chi connectivity index (χ3n) is 4.44. The maximum Gasteiger partial charge on any atom is 0.294 e. The molecule has 27 heavy (non-hydrogen) atoms. The summed E-state index contributed by atoms with van der Waals surface area (Å²) in [7, 11) is 1.56. The van der Waals surface area contributed by atoms with Gasteiger partial charge >= 0.3 is 0 Å². The summed E-state index contributed by atoms with van der Waals surface area (Å²) in [6, 6.07) is 9.82. The molecule has 1 aliphatic heterocycles. The van der Waals surface area contributed by atoms with Crippen LogP contribution >= 0.6 is 27.5 Å². The first-order valence-corrected chi connectivity index (χ1v) is 9.40. The fourth-order valence-electron chi connectivity index (χ4n) is 3.08. The number of anilines is 1. The summed E-state index contributed by atoms with van der Waals surface area (Å²) in [5.41, 5.74) is 0.935. The summed E-state index contributed by atoms with van der Waals surface area (Å²) in [5.74, 6) is 0.564. The second-order valence-corrected chi connectivity index (χ2v) is 7.25. The molecule has 0 saturated carbocycles. The maximum atomic E-state index is 12.7. The molecule has 0 atom stereocenters. The number of methoxy groups -OCH3 is 1. The molecule has 0 aliphatic carbocycles. The largest absolute Gasteiger partial charge is 0.496 e. The smallest absolute Gasteiger partial charge is 0.294 e. The summed E-state index contributed by atoms with van der Waals surface area (Å²) in [5, 5.41) is 11.6. The second-order valence-electron chi connectivity index (χ2n) is 5.99. The van der Waals surface area contributed by atoms with Crippen molar-refractivity contribution in [3.05, 3.63) is 61.6 Å². The van der Waals surface area contributed by atoms with E-state index in [0.717, 1.165) is 0 Å². The first-order chi connectivity index (χ1) is 12.9. The molecule has 3 rings (SSSR count). The van der Waals surface area contributed by atoms with Crippen molar-refractivity contribution in [3.8, 4) is 5.75 Å². The molecule has 0 N–H and O–H groups in total. The van der Waals surface area contributed by atoms with Gasteiger partial charge in [-0.1, -0.05) is 17.7 Å². The van der Waals surface area contributed by atoms with Crippen molar-refractivity contribution in [2.75, 3.05) is 38.2 Å². The fraction of sp³-hybridized carbons (Fsp3) is 0.278. The third kappa shape index (κ3) is 4.01. The van der Waals surface area contributed by atoms with Gasteiger partial charge in [-0.25, -0.2) is 0 Å².